The summed E-state index contributed by atoms with van der Waals surface area (Å²) in [5.41, 5.74) is 5.58. The van der Waals surface area contributed by atoms with Gasteiger partial charge in [-0.1, -0.05) is 54.1 Å². The molecular formula is C24H20ClN3O. The Kier molecular flexibility index (Phi) is 4.36. The molecule has 0 aliphatic carbocycles. The van der Waals surface area contributed by atoms with Crippen LogP contribution in [-0.2, 0) is 6.42 Å². The van der Waals surface area contributed by atoms with E-state index in [0.717, 1.165) is 28.9 Å². The molecule has 0 spiro atoms. The summed E-state index contributed by atoms with van der Waals surface area (Å²) in [6.45, 7) is 2.51. The zero-order chi connectivity index (χ0) is 20.0. The standard InChI is InChI=1S/C24H20ClN3O/c1-15-7-6-12-21(26-15)24(29)28-14-13-17-16-8-3-5-11-20(16)27-22(17)23(28)18-9-2-4-10-19(18)25/h2-12,23,27H,13-14H2,1H3/t23-/m1/s1. The molecule has 5 rings (SSSR count). The lowest BCUT2D eigenvalue weighted by molar-refractivity contribution is 0.0686. The molecule has 29 heavy (non-hydrogen) atoms. The molecule has 3 heterocycles. The van der Waals surface area contributed by atoms with E-state index in [1.54, 1.807) is 6.07 Å². The van der Waals surface area contributed by atoms with Crippen LogP contribution in [0.5, 0.6) is 0 Å². The number of benzene rings is 2. The number of fused-ring (bicyclic) bond motifs is 3. The molecule has 4 nitrogen and oxygen atoms in total. The SMILES string of the molecule is Cc1cccc(C(=O)N2CCc3c([nH]c4ccccc34)[C@H]2c2ccccc2Cl)n1. The van der Waals surface area contributed by atoms with E-state index in [0.29, 0.717) is 17.3 Å². The third-order valence-electron chi connectivity index (χ3n) is 5.60. The molecular weight excluding hydrogens is 382 g/mol. The number of hydrogen-bond donors (Lipinski definition) is 1. The first kappa shape index (κ1) is 18.0. The summed E-state index contributed by atoms with van der Waals surface area (Å²) in [7, 11) is 0. The third kappa shape index (κ3) is 3.00. The van der Waals surface area contributed by atoms with Crippen LogP contribution in [-0.4, -0.2) is 27.3 Å². The Bertz CT molecular complexity index is 1230. The highest BCUT2D eigenvalue weighted by Gasteiger charge is 2.36. The van der Waals surface area contributed by atoms with Gasteiger partial charge in [0.1, 0.15) is 5.69 Å². The number of carbonyl (C=O) groups is 1. The van der Waals surface area contributed by atoms with E-state index in [1.165, 1.54) is 10.9 Å². The van der Waals surface area contributed by atoms with Crippen molar-refractivity contribution in [1.82, 2.24) is 14.9 Å². The minimum atomic E-state index is -0.283. The lowest BCUT2D eigenvalue weighted by Crippen LogP contribution is -2.41. The molecule has 2 aromatic carbocycles. The molecule has 0 bridgehead atoms. The largest absolute Gasteiger partial charge is 0.356 e. The minimum Gasteiger partial charge on any atom is -0.356 e. The van der Waals surface area contributed by atoms with Gasteiger partial charge in [0.25, 0.3) is 5.91 Å². The normalized spacial score (nSPS) is 16.1. The third-order valence-corrected chi connectivity index (χ3v) is 5.95. The second-order valence-corrected chi connectivity index (χ2v) is 7.81. The van der Waals surface area contributed by atoms with Gasteiger partial charge in [-0.15, -0.1) is 0 Å². The van der Waals surface area contributed by atoms with Crippen LogP contribution in [0.15, 0.2) is 66.7 Å². The summed E-state index contributed by atoms with van der Waals surface area (Å²) in [5.74, 6) is -0.0806. The summed E-state index contributed by atoms with van der Waals surface area (Å²) >= 11 is 6.60. The number of aromatic nitrogens is 2. The first-order valence-electron chi connectivity index (χ1n) is 9.72. The molecule has 0 radical (unpaired) electrons. The van der Waals surface area contributed by atoms with Crippen molar-refractivity contribution in [1.29, 1.82) is 0 Å². The molecule has 1 atom stereocenters. The van der Waals surface area contributed by atoms with E-state index in [-0.39, 0.29) is 11.9 Å². The molecule has 0 fully saturated rings. The summed E-state index contributed by atoms with van der Waals surface area (Å²) in [5, 5.41) is 1.86. The van der Waals surface area contributed by atoms with Gasteiger partial charge in [0.15, 0.2) is 0 Å². The van der Waals surface area contributed by atoms with Crippen molar-refractivity contribution in [2.45, 2.75) is 19.4 Å². The van der Waals surface area contributed by atoms with Crippen LogP contribution in [0.1, 0.15) is 39.0 Å². The average molecular weight is 402 g/mol. The van der Waals surface area contributed by atoms with Crippen LogP contribution in [0.3, 0.4) is 0 Å². The fourth-order valence-electron chi connectivity index (χ4n) is 4.29. The number of carbonyl (C=O) groups excluding carboxylic acids is 1. The summed E-state index contributed by atoms with van der Waals surface area (Å²) in [6.07, 6.45) is 0.790. The van der Waals surface area contributed by atoms with Gasteiger partial charge in [0.2, 0.25) is 0 Å². The van der Waals surface area contributed by atoms with Crippen LogP contribution < -0.4 is 0 Å². The highest BCUT2D eigenvalue weighted by molar-refractivity contribution is 6.31. The molecule has 2 aromatic heterocycles. The molecule has 5 heteroatoms. The number of H-pyrrole nitrogens is 1. The Morgan fingerprint density at radius 2 is 1.86 bits per heavy atom. The molecule has 0 saturated carbocycles. The molecule has 1 N–H and O–H groups in total. The first-order valence-corrected chi connectivity index (χ1v) is 10.1. The van der Waals surface area contributed by atoms with Crippen molar-refractivity contribution in [3.05, 3.63) is 100.0 Å². The molecule has 1 aliphatic rings. The van der Waals surface area contributed by atoms with Gasteiger partial charge in [0.05, 0.1) is 6.04 Å². The van der Waals surface area contributed by atoms with E-state index >= 15 is 0 Å². The number of aromatic amines is 1. The monoisotopic (exact) mass is 401 g/mol. The second-order valence-electron chi connectivity index (χ2n) is 7.40. The smallest absolute Gasteiger partial charge is 0.273 e. The predicted molar refractivity (Wildman–Crippen MR) is 115 cm³/mol. The first-order chi connectivity index (χ1) is 14.1. The summed E-state index contributed by atoms with van der Waals surface area (Å²) in [6, 6.07) is 21.3. The molecule has 0 saturated heterocycles. The maximum atomic E-state index is 13.5. The number of nitrogens with one attached hydrogen (secondary N) is 1. The topological polar surface area (TPSA) is 49.0 Å². The van der Waals surface area contributed by atoms with Crippen molar-refractivity contribution in [3.63, 3.8) is 0 Å². The molecule has 1 aliphatic heterocycles. The van der Waals surface area contributed by atoms with Gasteiger partial charge >= 0.3 is 0 Å². The second kappa shape index (κ2) is 7.05. The molecule has 1 amide bonds. The van der Waals surface area contributed by atoms with Gasteiger partial charge in [-0.25, -0.2) is 4.98 Å². The Morgan fingerprint density at radius 3 is 2.69 bits per heavy atom. The molecule has 0 unspecified atom stereocenters. The van der Waals surface area contributed by atoms with Crippen molar-refractivity contribution >= 4 is 28.4 Å². The summed E-state index contributed by atoms with van der Waals surface area (Å²) < 4.78 is 0. The molecule has 4 aromatic rings. The number of rotatable bonds is 2. The Labute approximate surface area is 174 Å². The Morgan fingerprint density at radius 1 is 1.07 bits per heavy atom. The maximum Gasteiger partial charge on any atom is 0.273 e. The number of amides is 1. The van der Waals surface area contributed by atoms with Crippen molar-refractivity contribution < 1.29 is 4.79 Å². The highest BCUT2D eigenvalue weighted by atomic mass is 35.5. The fraction of sp³-hybridized carbons (Fsp3) is 0.167. The van der Waals surface area contributed by atoms with Crippen LogP contribution in [0.4, 0.5) is 0 Å². The minimum absolute atomic E-state index is 0.0806. The van der Waals surface area contributed by atoms with Crippen LogP contribution >= 0.6 is 11.6 Å². The number of halogens is 1. The lowest BCUT2D eigenvalue weighted by Gasteiger charge is -2.36. The van der Waals surface area contributed by atoms with E-state index in [4.69, 9.17) is 11.6 Å². The number of para-hydroxylation sites is 1. The average Bonchev–Trinajstić information content (AvgIpc) is 3.12. The van der Waals surface area contributed by atoms with Gasteiger partial charge in [-0.2, -0.15) is 0 Å². The molecule has 144 valence electrons. The van der Waals surface area contributed by atoms with Crippen molar-refractivity contribution in [2.24, 2.45) is 0 Å². The van der Waals surface area contributed by atoms with Crippen LogP contribution in [0, 0.1) is 6.92 Å². The maximum absolute atomic E-state index is 13.5. The quantitative estimate of drug-likeness (QED) is 0.494. The van der Waals surface area contributed by atoms with Gasteiger partial charge in [-0.05, 0) is 48.7 Å². The van der Waals surface area contributed by atoms with E-state index < -0.39 is 0 Å². The van der Waals surface area contributed by atoms with Crippen LogP contribution in [0.25, 0.3) is 10.9 Å². The number of pyridine rings is 1. The van der Waals surface area contributed by atoms with Gasteiger partial charge in [-0.3, -0.25) is 4.79 Å². The summed E-state index contributed by atoms with van der Waals surface area (Å²) in [4.78, 5) is 23.4. The van der Waals surface area contributed by atoms with Crippen LogP contribution in [0.2, 0.25) is 5.02 Å². The Balaban J connectivity index is 1.69. The number of hydrogen-bond acceptors (Lipinski definition) is 2. The predicted octanol–water partition coefficient (Wildman–Crippen LogP) is 5.31. The number of aryl methyl sites for hydroxylation is 1. The van der Waals surface area contributed by atoms with E-state index in [9.17, 15) is 4.79 Å². The zero-order valence-electron chi connectivity index (χ0n) is 16.0. The van der Waals surface area contributed by atoms with Gasteiger partial charge in [0, 0.05) is 33.9 Å². The van der Waals surface area contributed by atoms with Gasteiger partial charge < -0.3 is 9.88 Å². The lowest BCUT2D eigenvalue weighted by atomic mass is 9.92. The highest BCUT2D eigenvalue weighted by Crippen LogP contribution is 2.41. The fourth-order valence-corrected chi connectivity index (χ4v) is 4.53. The number of nitrogens with zero attached hydrogens (tertiary/aromatic N) is 2. The van der Waals surface area contributed by atoms with Crippen molar-refractivity contribution in [3.8, 4) is 0 Å². The van der Waals surface area contributed by atoms with E-state index in [1.807, 2.05) is 54.3 Å². The Hall–Kier alpha value is -3.11. The van der Waals surface area contributed by atoms with E-state index in [2.05, 4.69) is 28.2 Å². The zero-order valence-corrected chi connectivity index (χ0v) is 16.8. The van der Waals surface area contributed by atoms with Crippen molar-refractivity contribution in [2.75, 3.05) is 6.54 Å².